The second kappa shape index (κ2) is 8.40. The molecule has 0 aromatic heterocycles. The van der Waals surface area contributed by atoms with Crippen LogP contribution in [0.4, 0.5) is 0 Å². The lowest BCUT2D eigenvalue weighted by molar-refractivity contribution is 0.322. The third kappa shape index (κ3) is 10.8. The molecule has 0 saturated heterocycles. The molecule has 0 spiro atoms. The van der Waals surface area contributed by atoms with E-state index in [2.05, 4.69) is 78.8 Å². The van der Waals surface area contributed by atoms with Crippen LogP contribution in [0.2, 0.25) is 0 Å². The van der Waals surface area contributed by atoms with Gasteiger partial charge in [0.25, 0.3) is 0 Å². The Kier molecular flexibility index (Phi) is 8.06. The molecule has 19 heavy (non-hydrogen) atoms. The minimum absolute atomic E-state index is 0.496. The predicted octanol–water partition coefficient (Wildman–Crippen LogP) is 6.50. The lowest BCUT2D eigenvalue weighted by atomic mass is 9.84. The monoisotopic (exact) mass is 262 g/mol. The van der Waals surface area contributed by atoms with E-state index in [4.69, 9.17) is 0 Å². The molecule has 0 amide bonds. The summed E-state index contributed by atoms with van der Waals surface area (Å²) in [5.41, 5.74) is 2.50. The van der Waals surface area contributed by atoms with Crippen LogP contribution < -0.4 is 0 Å². The van der Waals surface area contributed by atoms with Gasteiger partial charge >= 0.3 is 0 Å². The van der Waals surface area contributed by atoms with Crippen LogP contribution in [0.25, 0.3) is 0 Å². The van der Waals surface area contributed by atoms with Crippen molar-refractivity contribution in [3.8, 4) is 0 Å². The van der Waals surface area contributed by atoms with Gasteiger partial charge in [-0.2, -0.15) is 0 Å². The number of hydrogen-bond donors (Lipinski definition) is 0. The van der Waals surface area contributed by atoms with Gasteiger partial charge in [0.1, 0.15) is 0 Å². The van der Waals surface area contributed by atoms with Gasteiger partial charge in [0.15, 0.2) is 0 Å². The Hall–Kier alpha value is -0.780. The summed E-state index contributed by atoms with van der Waals surface area (Å²) in [7, 11) is 0. The minimum atomic E-state index is 0.496. The van der Waals surface area contributed by atoms with Gasteiger partial charge in [0.2, 0.25) is 0 Å². The first kappa shape index (κ1) is 18.2. The van der Waals surface area contributed by atoms with E-state index in [1.54, 1.807) is 0 Å². The highest BCUT2D eigenvalue weighted by molar-refractivity contribution is 5.14. The Bertz CT molecular complexity index is 314. The van der Waals surface area contributed by atoms with Crippen molar-refractivity contribution < 1.29 is 0 Å². The fraction of sp³-hybridized carbons (Fsp3) is 0.684. The lowest BCUT2D eigenvalue weighted by Gasteiger charge is -2.22. The maximum Gasteiger partial charge on any atom is -0.0274 e. The van der Waals surface area contributed by atoms with Gasteiger partial charge in [0, 0.05) is 0 Å². The summed E-state index contributed by atoms with van der Waals surface area (Å²) in [5.74, 6) is 0. The van der Waals surface area contributed by atoms with Crippen LogP contribution >= 0.6 is 0 Å². The van der Waals surface area contributed by atoms with Crippen LogP contribution in [-0.4, -0.2) is 0 Å². The minimum Gasteiger partial charge on any atom is -0.0649 e. The SMILES string of the molecule is CCC(C)(C)C.CCC(C)(C)CCc1ccccc1. The summed E-state index contributed by atoms with van der Waals surface area (Å²) in [4.78, 5) is 0. The highest BCUT2D eigenvalue weighted by Crippen LogP contribution is 2.26. The summed E-state index contributed by atoms with van der Waals surface area (Å²) in [5, 5.41) is 0. The zero-order valence-corrected chi connectivity index (χ0v) is 14.2. The average molecular weight is 262 g/mol. The Morgan fingerprint density at radius 3 is 1.63 bits per heavy atom. The van der Waals surface area contributed by atoms with E-state index in [0.29, 0.717) is 10.8 Å². The zero-order chi connectivity index (χ0) is 14.9. The van der Waals surface area contributed by atoms with E-state index in [-0.39, 0.29) is 0 Å². The average Bonchev–Trinajstić information content (AvgIpc) is 2.38. The van der Waals surface area contributed by atoms with Crippen molar-refractivity contribution in [3.05, 3.63) is 35.9 Å². The van der Waals surface area contributed by atoms with Gasteiger partial charge in [-0.1, -0.05) is 91.6 Å². The topological polar surface area (TPSA) is 0 Å². The molecule has 0 saturated carbocycles. The quantitative estimate of drug-likeness (QED) is 0.581. The van der Waals surface area contributed by atoms with E-state index >= 15 is 0 Å². The summed E-state index contributed by atoms with van der Waals surface area (Å²) in [6.45, 7) is 15.9. The fourth-order valence-electron chi connectivity index (χ4n) is 1.30. The van der Waals surface area contributed by atoms with Crippen molar-refractivity contribution in [2.45, 2.75) is 74.1 Å². The van der Waals surface area contributed by atoms with Crippen molar-refractivity contribution in [1.29, 1.82) is 0 Å². The molecule has 0 aliphatic rings. The molecule has 0 bridgehead atoms. The van der Waals surface area contributed by atoms with Crippen molar-refractivity contribution >= 4 is 0 Å². The van der Waals surface area contributed by atoms with Crippen LogP contribution in [0.5, 0.6) is 0 Å². The van der Waals surface area contributed by atoms with Gasteiger partial charge in [-0.05, 0) is 29.2 Å². The van der Waals surface area contributed by atoms with Crippen molar-refractivity contribution in [2.75, 3.05) is 0 Å². The van der Waals surface area contributed by atoms with Crippen molar-refractivity contribution in [1.82, 2.24) is 0 Å². The van der Waals surface area contributed by atoms with Gasteiger partial charge < -0.3 is 0 Å². The largest absolute Gasteiger partial charge is 0.0649 e. The number of hydrogen-bond acceptors (Lipinski definition) is 0. The first-order chi connectivity index (χ1) is 8.70. The molecule has 0 aliphatic carbocycles. The summed E-state index contributed by atoms with van der Waals surface area (Å²) in [6, 6.07) is 10.7. The first-order valence-electron chi connectivity index (χ1n) is 7.74. The Morgan fingerprint density at radius 1 is 0.789 bits per heavy atom. The predicted molar refractivity (Wildman–Crippen MR) is 88.6 cm³/mol. The smallest absolute Gasteiger partial charge is 0.0274 e. The highest BCUT2D eigenvalue weighted by Gasteiger charge is 2.14. The van der Waals surface area contributed by atoms with Crippen LogP contribution in [0.3, 0.4) is 0 Å². The zero-order valence-electron chi connectivity index (χ0n) is 14.2. The van der Waals surface area contributed by atoms with Crippen LogP contribution in [-0.2, 0) is 6.42 Å². The highest BCUT2D eigenvalue weighted by atomic mass is 14.2. The third-order valence-corrected chi connectivity index (χ3v) is 3.95. The first-order valence-corrected chi connectivity index (χ1v) is 7.74. The number of aryl methyl sites for hydroxylation is 1. The maximum atomic E-state index is 2.34. The molecular formula is C19H34. The van der Waals surface area contributed by atoms with Crippen LogP contribution in [0.1, 0.15) is 73.3 Å². The summed E-state index contributed by atoms with van der Waals surface area (Å²) < 4.78 is 0. The Morgan fingerprint density at radius 2 is 1.26 bits per heavy atom. The molecule has 1 aromatic carbocycles. The molecule has 0 radical (unpaired) electrons. The van der Waals surface area contributed by atoms with Crippen molar-refractivity contribution in [2.24, 2.45) is 10.8 Å². The molecule has 110 valence electrons. The lowest BCUT2D eigenvalue weighted by Crippen LogP contribution is -2.10. The van der Waals surface area contributed by atoms with Gasteiger partial charge in [-0.3, -0.25) is 0 Å². The molecular weight excluding hydrogens is 228 g/mol. The van der Waals surface area contributed by atoms with E-state index in [1.165, 1.54) is 31.2 Å². The van der Waals surface area contributed by atoms with Gasteiger partial charge in [0.05, 0.1) is 0 Å². The van der Waals surface area contributed by atoms with E-state index in [1.807, 2.05) is 0 Å². The van der Waals surface area contributed by atoms with Gasteiger partial charge in [-0.15, -0.1) is 0 Å². The van der Waals surface area contributed by atoms with E-state index in [0.717, 1.165) is 0 Å². The third-order valence-electron chi connectivity index (χ3n) is 3.95. The molecule has 0 unspecified atom stereocenters. The van der Waals surface area contributed by atoms with Crippen molar-refractivity contribution in [3.63, 3.8) is 0 Å². The Balaban J connectivity index is 0.000000459. The standard InChI is InChI=1S/C13H20.C6H14/c1-4-13(2,3)11-10-12-8-6-5-7-9-12;1-5-6(2,3)4/h5-9H,4,10-11H2,1-3H3;5H2,1-4H3. The molecule has 0 nitrogen and oxygen atoms in total. The Labute approximate surface area is 121 Å². The second-order valence-corrected chi connectivity index (χ2v) is 7.42. The number of rotatable bonds is 4. The molecule has 0 heterocycles. The number of benzene rings is 1. The summed E-state index contributed by atoms with van der Waals surface area (Å²) >= 11 is 0. The summed E-state index contributed by atoms with van der Waals surface area (Å²) in [6.07, 6.45) is 5.03. The molecule has 0 fully saturated rings. The maximum absolute atomic E-state index is 2.34. The van der Waals surface area contributed by atoms with E-state index < -0.39 is 0 Å². The normalized spacial score (nSPS) is 11.7. The second-order valence-electron chi connectivity index (χ2n) is 7.42. The van der Waals surface area contributed by atoms with E-state index in [9.17, 15) is 0 Å². The molecule has 0 aliphatic heterocycles. The molecule has 0 atom stereocenters. The molecule has 0 N–H and O–H groups in total. The molecule has 1 rings (SSSR count). The van der Waals surface area contributed by atoms with Crippen LogP contribution in [0.15, 0.2) is 30.3 Å². The fourth-order valence-corrected chi connectivity index (χ4v) is 1.30. The van der Waals surface area contributed by atoms with Gasteiger partial charge in [-0.25, -0.2) is 0 Å². The van der Waals surface area contributed by atoms with Crippen LogP contribution in [0, 0.1) is 10.8 Å². The molecule has 1 aromatic rings. The molecule has 0 heteroatoms.